The summed E-state index contributed by atoms with van der Waals surface area (Å²) in [7, 11) is -0.152. The lowest BCUT2D eigenvalue weighted by Crippen LogP contribution is -2.43. The molecule has 0 N–H and O–H groups in total. The van der Waals surface area contributed by atoms with Crippen LogP contribution in [0.25, 0.3) is 0 Å². The molecule has 14 heavy (non-hydrogen) atoms. The third-order valence-electron chi connectivity index (χ3n) is 2.09. The van der Waals surface area contributed by atoms with Gasteiger partial charge in [-0.3, -0.25) is 0 Å². The molecular weight excluding hydrogens is 224 g/mol. The van der Waals surface area contributed by atoms with Crippen LogP contribution in [0.4, 0.5) is 0 Å². The summed E-state index contributed by atoms with van der Waals surface area (Å²) in [5.41, 5.74) is 0. The Balaban J connectivity index is 4.45. The maximum absolute atomic E-state index is 11.8. The Hall–Kier alpha value is 0.160. The van der Waals surface area contributed by atoms with Gasteiger partial charge in [-0.2, -0.15) is 17.0 Å². The molecule has 0 aromatic heterocycles. The smallest absolute Gasteiger partial charge is 0.195 e. The summed E-state index contributed by atoms with van der Waals surface area (Å²) in [6, 6.07) is -0.0292. The minimum atomic E-state index is -3.30. The van der Waals surface area contributed by atoms with Crippen molar-refractivity contribution in [2.24, 2.45) is 0 Å². The lowest BCUT2D eigenvalue weighted by Gasteiger charge is -2.26. The van der Waals surface area contributed by atoms with Crippen molar-refractivity contribution in [2.45, 2.75) is 26.3 Å². The van der Waals surface area contributed by atoms with Gasteiger partial charge >= 0.3 is 0 Å². The zero-order valence-electron chi connectivity index (χ0n) is 9.20. The monoisotopic (exact) mass is 242 g/mol. The van der Waals surface area contributed by atoms with Gasteiger partial charge in [0.05, 0.1) is 0 Å². The highest BCUT2D eigenvalue weighted by atomic mass is 35.5. The van der Waals surface area contributed by atoms with Gasteiger partial charge in [0, 0.05) is 32.6 Å². The zero-order chi connectivity index (χ0) is 11.4. The minimum absolute atomic E-state index is 0.0292. The quantitative estimate of drug-likeness (QED) is 0.656. The van der Waals surface area contributed by atoms with E-state index in [0.29, 0.717) is 18.8 Å². The van der Waals surface area contributed by atoms with Gasteiger partial charge in [0.2, 0.25) is 0 Å². The van der Waals surface area contributed by atoms with E-state index in [1.54, 1.807) is 14.1 Å². The SMILES string of the molecule is CC(C)N(C)S(=O)(=O)N(C)CCCCl. The molecule has 0 aliphatic carbocycles. The van der Waals surface area contributed by atoms with Crippen LogP contribution >= 0.6 is 11.6 Å². The average Bonchev–Trinajstić information content (AvgIpc) is 2.12. The molecule has 0 heterocycles. The number of halogens is 1. The zero-order valence-corrected chi connectivity index (χ0v) is 10.8. The third kappa shape index (κ3) is 3.73. The predicted molar refractivity (Wildman–Crippen MR) is 59.8 cm³/mol. The average molecular weight is 243 g/mol. The molecular formula is C8H19ClN2O2S. The van der Waals surface area contributed by atoms with Crippen molar-refractivity contribution in [3.05, 3.63) is 0 Å². The van der Waals surface area contributed by atoms with Crippen LogP contribution in [-0.2, 0) is 10.2 Å². The summed E-state index contributed by atoms with van der Waals surface area (Å²) in [4.78, 5) is 0. The van der Waals surface area contributed by atoms with Crippen LogP contribution in [0.3, 0.4) is 0 Å². The maximum Gasteiger partial charge on any atom is 0.281 e. The highest BCUT2D eigenvalue weighted by Gasteiger charge is 2.24. The molecule has 0 aliphatic rings. The maximum atomic E-state index is 11.8. The molecule has 0 amide bonds. The van der Waals surface area contributed by atoms with Crippen molar-refractivity contribution in [2.75, 3.05) is 26.5 Å². The summed E-state index contributed by atoms with van der Waals surface area (Å²) in [5.74, 6) is 0.477. The van der Waals surface area contributed by atoms with E-state index in [1.165, 1.54) is 8.61 Å². The van der Waals surface area contributed by atoms with Crippen molar-refractivity contribution in [3.63, 3.8) is 0 Å². The number of hydrogen-bond donors (Lipinski definition) is 0. The summed E-state index contributed by atoms with van der Waals surface area (Å²) < 4.78 is 26.3. The molecule has 0 rings (SSSR count). The van der Waals surface area contributed by atoms with Crippen molar-refractivity contribution >= 4 is 21.8 Å². The number of rotatable bonds is 6. The number of nitrogens with zero attached hydrogens (tertiary/aromatic N) is 2. The Morgan fingerprint density at radius 2 is 1.79 bits per heavy atom. The number of hydrogen-bond acceptors (Lipinski definition) is 2. The fraction of sp³-hybridized carbons (Fsp3) is 1.00. The molecule has 0 spiro atoms. The van der Waals surface area contributed by atoms with Gasteiger partial charge in [-0.25, -0.2) is 0 Å². The normalized spacial score (nSPS) is 13.1. The molecule has 0 aromatic carbocycles. The Morgan fingerprint density at radius 1 is 1.29 bits per heavy atom. The first-order valence-electron chi connectivity index (χ1n) is 4.59. The molecule has 0 bridgehead atoms. The Bertz CT molecular complexity index is 254. The molecule has 0 atom stereocenters. The van der Waals surface area contributed by atoms with Crippen LogP contribution in [-0.4, -0.2) is 49.6 Å². The van der Waals surface area contributed by atoms with Crippen LogP contribution in [0.1, 0.15) is 20.3 Å². The number of alkyl halides is 1. The van der Waals surface area contributed by atoms with Gasteiger partial charge in [-0.1, -0.05) is 0 Å². The van der Waals surface area contributed by atoms with Gasteiger partial charge in [0.15, 0.2) is 0 Å². The predicted octanol–water partition coefficient (Wildman–Crippen LogP) is 1.13. The van der Waals surface area contributed by atoms with E-state index < -0.39 is 10.2 Å². The van der Waals surface area contributed by atoms with E-state index in [4.69, 9.17) is 11.6 Å². The fourth-order valence-corrected chi connectivity index (χ4v) is 2.34. The van der Waals surface area contributed by atoms with E-state index in [9.17, 15) is 8.42 Å². The Labute approximate surface area is 92.0 Å². The topological polar surface area (TPSA) is 40.6 Å². The first-order chi connectivity index (χ1) is 6.34. The van der Waals surface area contributed by atoms with E-state index >= 15 is 0 Å². The van der Waals surface area contributed by atoms with Crippen molar-refractivity contribution in [1.29, 1.82) is 0 Å². The van der Waals surface area contributed by atoms with Gasteiger partial charge in [0.25, 0.3) is 10.2 Å². The molecule has 0 aromatic rings. The van der Waals surface area contributed by atoms with Crippen LogP contribution < -0.4 is 0 Å². The van der Waals surface area contributed by atoms with E-state index in [-0.39, 0.29) is 6.04 Å². The van der Waals surface area contributed by atoms with Gasteiger partial charge in [0.1, 0.15) is 0 Å². The van der Waals surface area contributed by atoms with Crippen molar-refractivity contribution < 1.29 is 8.42 Å². The second-order valence-corrected chi connectivity index (χ2v) is 5.95. The van der Waals surface area contributed by atoms with Crippen LogP contribution in [0.2, 0.25) is 0 Å². The van der Waals surface area contributed by atoms with Gasteiger partial charge in [-0.05, 0) is 20.3 Å². The molecule has 6 heteroatoms. The second kappa shape index (κ2) is 5.90. The summed E-state index contributed by atoms with van der Waals surface area (Å²) in [6.45, 7) is 4.14. The van der Waals surface area contributed by atoms with Crippen LogP contribution in [0, 0.1) is 0 Å². The molecule has 0 radical (unpaired) electrons. The second-order valence-electron chi connectivity index (χ2n) is 3.48. The van der Waals surface area contributed by atoms with E-state index in [2.05, 4.69) is 0 Å². The molecule has 0 fully saturated rings. The molecule has 0 saturated heterocycles. The minimum Gasteiger partial charge on any atom is -0.195 e. The van der Waals surface area contributed by atoms with Crippen molar-refractivity contribution in [1.82, 2.24) is 8.61 Å². The fourth-order valence-electron chi connectivity index (χ4n) is 0.884. The first-order valence-corrected chi connectivity index (χ1v) is 6.52. The summed E-state index contributed by atoms with van der Waals surface area (Å²) in [6.07, 6.45) is 0.670. The molecule has 86 valence electrons. The highest BCUT2D eigenvalue weighted by molar-refractivity contribution is 7.86. The van der Waals surface area contributed by atoms with Crippen LogP contribution in [0.15, 0.2) is 0 Å². The summed E-state index contributed by atoms with van der Waals surface area (Å²) in [5, 5.41) is 0. The third-order valence-corrected chi connectivity index (χ3v) is 4.48. The highest BCUT2D eigenvalue weighted by Crippen LogP contribution is 2.08. The lowest BCUT2D eigenvalue weighted by atomic mass is 10.4. The molecule has 0 unspecified atom stereocenters. The Morgan fingerprint density at radius 3 is 2.14 bits per heavy atom. The first kappa shape index (κ1) is 14.2. The largest absolute Gasteiger partial charge is 0.281 e. The van der Waals surface area contributed by atoms with Crippen LogP contribution in [0.5, 0.6) is 0 Å². The van der Waals surface area contributed by atoms with Gasteiger partial charge in [-0.15, -0.1) is 11.6 Å². The van der Waals surface area contributed by atoms with E-state index in [1.807, 2.05) is 13.8 Å². The standard InChI is InChI=1S/C8H19ClN2O2S/c1-8(2)11(4)14(12,13)10(3)7-5-6-9/h8H,5-7H2,1-4H3. The molecule has 0 aliphatic heterocycles. The lowest BCUT2D eigenvalue weighted by molar-refractivity contribution is 0.358. The van der Waals surface area contributed by atoms with Crippen molar-refractivity contribution in [3.8, 4) is 0 Å². The molecule has 4 nitrogen and oxygen atoms in total. The summed E-state index contributed by atoms with van der Waals surface area (Å²) >= 11 is 5.50. The Kier molecular flexibility index (Phi) is 5.97. The van der Waals surface area contributed by atoms with E-state index in [0.717, 1.165) is 0 Å². The molecule has 0 saturated carbocycles. The van der Waals surface area contributed by atoms with Gasteiger partial charge < -0.3 is 0 Å².